The maximum absolute atomic E-state index is 7.24. The summed E-state index contributed by atoms with van der Waals surface area (Å²) in [7, 11) is 0. The van der Waals surface area contributed by atoms with Gasteiger partial charge in [0, 0.05) is 45.7 Å². The van der Waals surface area contributed by atoms with E-state index in [0.29, 0.717) is 12.3 Å². The van der Waals surface area contributed by atoms with Gasteiger partial charge in [-0.05, 0) is 5.56 Å². The Bertz CT molecular complexity index is 378. The highest BCUT2D eigenvalue weighted by molar-refractivity contribution is 5.85. The number of piperazine rings is 1. The van der Waals surface area contributed by atoms with E-state index < -0.39 is 0 Å². The van der Waals surface area contributed by atoms with E-state index in [0.717, 1.165) is 39.3 Å². The van der Waals surface area contributed by atoms with Gasteiger partial charge in [-0.1, -0.05) is 30.3 Å². The molecule has 0 radical (unpaired) electrons. The maximum Gasteiger partial charge on any atom is 0.0918 e. The van der Waals surface area contributed by atoms with Crippen molar-refractivity contribution in [2.45, 2.75) is 13.0 Å². The lowest BCUT2D eigenvalue weighted by Crippen LogP contribution is -2.46. The molecule has 0 amide bonds. The normalized spacial score (nSPS) is 16.0. The fraction of sp³-hybridized carbons (Fsp3) is 0.500. The van der Waals surface area contributed by atoms with Gasteiger partial charge >= 0.3 is 0 Å². The number of nitrogens with one attached hydrogen (secondary N) is 1. The lowest BCUT2D eigenvalue weighted by atomic mass is 10.2. The van der Waals surface area contributed by atoms with Gasteiger partial charge in [0.2, 0.25) is 0 Å². The van der Waals surface area contributed by atoms with Crippen molar-refractivity contribution < 1.29 is 0 Å². The third-order valence-electron chi connectivity index (χ3n) is 3.41. The Hall–Kier alpha value is -0.810. The van der Waals surface area contributed by atoms with E-state index in [-0.39, 0.29) is 24.8 Å². The van der Waals surface area contributed by atoms with Gasteiger partial charge in [0.15, 0.2) is 0 Å². The molecule has 1 heterocycles. The first-order chi connectivity index (χ1) is 8.74. The SMILES string of the molecule is Cl.Cl.N=C(N)CCN1CCN(Cc2ccccc2)CC1. The summed E-state index contributed by atoms with van der Waals surface area (Å²) < 4.78 is 0. The third kappa shape index (κ3) is 6.57. The summed E-state index contributed by atoms with van der Waals surface area (Å²) in [6.07, 6.45) is 0.693. The number of nitrogens with two attached hydrogens (primary N) is 1. The topological polar surface area (TPSA) is 56.4 Å². The third-order valence-corrected chi connectivity index (χ3v) is 3.41. The Morgan fingerprint density at radius 2 is 1.55 bits per heavy atom. The molecule has 1 saturated heterocycles. The molecule has 6 heteroatoms. The standard InChI is InChI=1S/C14H22N4.2ClH/c15-14(16)6-7-17-8-10-18(11-9-17)12-13-4-2-1-3-5-13;;/h1-5H,6-12H2,(H3,15,16);2*1H. The molecule has 2 rings (SSSR count). The quantitative estimate of drug-likeness (QED) is 0.644. The molecule has 0 spiro atoms. The highest BCUT2D eigenvalue weighted by Gasteiger charge is 2.16. The van der Waals surface area contributed by atoms with Crippen molar-refractivity contribution in [2.75, 3.05) is 32.7 Å². The Kier molecular flexibility index (Phi) is 9.59. The number of amidine groups is 1. The van der Waals surface area contributed by atoms with Crippen LogP contribution in [-0.4, -0.2) is 48.4 Å². The smallest absolute Gasteiger partial charge is 0.0918 e. The van der Waals surface area contributed by atoms with Crippen molar-refractivity contribution in [3.05, 3.63) is 35.9 Å². The van der Waals surface area contributed by atoms with Crippen molar-refractivity contribution in [3.63, 3.8) is 0 Å². The van der Waals surface area contributed by atoms with E-state index in [4.69, 9.17) is 11.1 Å². The van der Waals surface area contributed by atoms with Gasteiger partial charge in [-0.2, -0.15) is 0 Å². The molecule has 1 fully saturated rings. The van der Waals surface area contributed by atoms with Gasteiger partial charge in [0.1, 0.15) is 0 Å². The molecule has 0 bridgehead atoms. The fourth-order valence-corrected chi connectivity index (χ4v) is 2.29. The van der Waals surface area contributed by atoms with Gasteiger partial charge < -0.3 is 10.6 Å². The Balaban J connectivity index is 0.00000180. The van der Waals surface area contributed by atoms with Gasteiger partial charge in [-0.25, -0.2) is 0 Å². The van der Waals surface area contributed by atoms with E-state index in [2.05, 4.69) is 40.1 Å². The summed E-state index contributed by atoms with van der Waals surface area (Å²) in [5.41, 5.74) is 6.77. The van der Waals surface area contributed by atoms with E-state index in [1.54, 1.807) is 0 Å². The summed E-state index contributed by atoms with van der Waals surface area (Å²) in [5.74, 6) is 0.293. The van der Waals surface area contributed by atoms with Gasteiger partial charge in [-0.15, -0.1) is 24.8 Å². The van der Waals surface area contributed by atoms with Crippen LogP contribution in [0.4, 0.5) is 0 Å². The van der Waals surface area contributed by atoms with Crippen LogP contribution in [0, 0.1) is 5.41 Å². The molecule has 1 aromatic carbocycles. The van der Waals surface area contributed by atoms with E-state index in [9.17, 15) is 0 Å². The summed E-state index contributed by atoms with van der Waals surface area (Å²) in [5, 5.41) is 7.24. The first-order valence-electron chi connectivity index (χ1n) is 6.55. The summed E-state index contributed by atoms with van der Waals surface area (Å²) in [6.45, 7) is 6.34. The number of hydrogen-bond acceptors (Lipinski definition) is 3. The van der Waals surface area contributed by atoms with Crippen LogP contribution in [0.25, 0.3) is 0 Å². The predicted octanol–water partition coefficient (Wildman–Crippen LogP) is 1.97. The zero-order valence-electron chi connectivity index (χ0n) is 11.6. The molecule has 1 aliphatic rings. The first kappa shape index (κ1) is 19.2. The van der Waals surface area contributed by atoms with Crippen molar-refractivity contribution in [1.29, 1.82) is 5.41 Å². The van der Waals surface area contributed by atoms with E-state index in [1.807, 2.05) is 0 Å². The average molecular weight is 319 g/mol. The Morgan fingerprint density at radius 3 is 2.10 bits per heavy atom. The lowest BCUT2D eigenvalue weighted by Gasteiger charge is -2.34. The van der Waals surface area contributed by atoms with Crippen LogP contribution >= 0.6 is 24.8 Å². The minimum absolute atomic E-state index is 0. The predicted molar refractivity (Wildman–Crippen MR) is 89.2 cm³/mol. The molecule has 1 aliphatic heterocycles. The van der Waals surface area contributed by atoms with Crippen LogP contribution in [0.15, 0.2) is 30.3 Å². The van der Waals surface area contributed by atoms with Gasteiger partial charge in [0.25, 0.3) is 0 Å². The molecule has 0 saturated carbocycles. The van der Waals surface area contributed by atoms with Crippen LogP contribution < -0.4 is 5.73 Å². The lowest BCUT2D eigenvalue weighted by molar-refractivity contribution is 0.129. The monoisotopic (exact) mass is 318 g/mol. The molecule has 3 N–H and O–H groups in total. The van der Waals surface area contributed by atoms with Crippen LogP contribution in [0.3, 0.4) is 0 Å². The maximum atomic E-state index is 7.24. The van der Waals surface area contributed by atoms with Crippen LogP contribution in [-0.2, 0) is 6.54 Å². The second-order valence-corrected chi connectivity index (χ2v) is 4.88. The molecular weight excluding hydrogens is 295 g/mol. The fourth-order valence-electron chi connectivity index (χ4n) is 2.29. The van der Waals surface area contributed by atoms with Crippen molar-refractivity contribution >= 4 is 30.6 Å². The zero-order chi connectivity index (χ0) is 12.8. The molecule has 0 atom stereocenters. The number of benzene rings is 1. The highest BCUT2D eigenvalue weighted by Crippen LogP contribution is 2.08. The molecule has 0 unspecified atom stereocenters. The number of rotatable bonds is 5. The molecule has 4 nitrogen and oxygen atoms in total. The molecular formula is C14H24Cl2N4. The molecule has 0 aliphatic carbocycles. The minimum Gasteiger partial charge on any atom is -0.388 e. The number of hydrogen-bond donors (Lipinski definition) is 2. The average Bonchev–Trinajstić information content (AvgIpc) is 2.39. The first-order valence-corrected chi connectivity index (χ1v) is 6.55. The van der Waals surface area contributed by atoms with Crippen molar-refractivity contribution in [3.8, 4) is 0 Å². The van der Waals surface area contributed by atoms with Gasteiger partial charge in [0.05, 0.1) is 5.84 Å². The molecule has 0 aromatic heterocycles. The summed E-state index contributed by atoms with van der Waals surface area (Å²) >= 11 is 0. The van der Waals surface area contributed by atoms with Crippen LogP contribution in [0.2, 0.25) is 0 Å². The second kappa shape index (κ2) is 10.00. The minimum atomic E-state index is 0. The summed E-state index contributed by atoms with van der Waals surface area (Å²) in [6, 6.07) is 10.6. The molecule has 114 valence electrons. The van der Waals surface area contributed by atoms with E-state index >= 15 is 0 Å². The molecule has 1 aromatic rings. The summed E-state index contributed by atoms with van der Waals surface area (Å²) in [4.78, 5) is 4.88. The molecule has 20 heavy (non-hydrogen) atoms. The second-order valence-electron chi connectivity index (χ2n) is 4.88. The van der Waals surface area contributed by atoms with Crippen LogP contribution in [0.5, 0.6) is 0 Å². The number of halogens is 2. The zero-order valence-corrected chi connectivity index (χ0v) is 13.3. The van der Waals surface area contributed by atoms with Crippen molar-refractivity contribution in [1.82, 2.24) is 9.80 Å². The van der Waals surface area contributed by atoms with Crippen molar-refractivity contribution in [2.24, 2.45) is 5.73 Å². The van der Waals surface area contributed by atoms with E-state index in [1.165, 1.54) is 5.56 Å². The largest absolute Gasteiger partial charge is 0.388 e. The highest BCUT2D eigenvalue weighted by atomic mass is 35.5. The Morgan fingerprint density at radius 1 is 1.00 bits per heavy atom. The van der Waals surface area contributed by atoms with Crippen LogP contribution in [0.1, 0.15) is 12.0 Å². The number of nitrogens with zero attached hydrogens (tertiary/aromatic N) is 2. The Labute approximate surface area is 133 Å². The van der Waals surface area contributed by atoms with Gasteiger partial charge in [-0.3, -0.25) is 10.3 Å².